The van der Waals surface area contributed by atoms with Gasteiger partial charge in [0.15, 0.2) is 0 Å². The van der Waals surface area contributed by atoms with E-state index < -0.39 is 0 Å². The fraction of sp³-hybridized carbons (Fsp3) is 0.467. The van der Waals surface area contributed by atoms with E-state index in [0.717, 1.165) is 24.6 Å². The zero-order valence-corrected chi connectivity index (χ0v) is 12.7. The molecule has 3 heterocycles. The monoisotopic (exact) mass is 300 g/mol. The molecule has 1 fully saturated rings. The molecule has 116 valence electrons. The fourth-order valence-corrected chi connectivity index (χ4v) is 2.57. The molecule has 1 aliphatic heterocycles. The largest absolute Gasteiger partial charge is 0.357 e. The molecule has 0 aromatic carbocycles. The standard InChI is InChI=1S/C15H20N6O/c1-12-9-14(20-6-2-3-7-20)19-13(18-12)10-16-15(22)11-21-8-4-5-17-21/h4-5,8-9H,2-3,6-7,10-11H2,1H3,(H,16,22). The number of aryl methyl sites for hydroxylation is 1. The summed E-state index contributed by atoms with van der Waals surface area (Å²) in [6, 6.07) is 3.79. The zero-order chi connectivity index (χ0) is 15.4. The Bertz CT molecular complexity index is 633. The van der Waals surface area contributed by atoms with E-state index in [-0.39, 0.29) is 12.5 Å². The summed E-state index contributed by atoms with van der Waals surface area (Å²) in [5, 5.41) is 6.85. The number of amides is 1. The topological polar surface area (TPSA) is 75.9 Å². The molecule has 0 spiro atoms. The molecular weight excluding hydrogens is 280 g/mol. The summed E-state index contributed by atoms with van der Waals surface area (Å²) >= 11 is 0. The van der Waals surface area contributed by atoms with Gasteiger partial charge in [-0.1, -0.05) is 0 Å². The third kappa shape index (κ3) is 3.60. The fourth-order valence-electron chi connectivity index (χ4n) is 2.57. The highest BCUT2D eigenvalue weighted by atomic mass is 16.2. The van der Waals surface area contributed by atoms with Crippen LogP contribution in [0.4, 0.5) is 5.82 Å². The molecule has 0 atom stereocenters. The summed E-state index contributed by atoms with van der Waals surface area (Å²) in [6.45, 7) is 4.58. The van der Waals surface area contributed by atoms with Crippen molar-refractivity contribution in [2.75, 3.05) is 18.0 Å². The maximum Gasteiger partial charge on any atom is 0.242 e. The SMILES string of the molecule is Cc1cc(N2CCCC2)nc(CNC(=O)Cn2cccn2)n1. The molecule has 0 saturated carbocycles. The van der Waals surface area contributed by atoms with Crippen molar-refractivity contribution in [1.29, 1.82) is 0 Å². The Hall–Kier alpha value is -2.44. The number of hydrogen-bond donors (Lipinski definition) is 1. The van der Waals surface area contributed by atoms with Crippen LogP contribution in [0.5, 0.6) is 0 Å². The van der Waals surface area contributed by atoms with Gasteiger partial charge >= 0.3 is 0 Å². The Kier molecular flexibility index (Phi) is 4.32. The van der Waals surface area contributed by atoms with Crippen LogP contribution in [0.1, 0.15) is 24.4 Å². The van der Waals surface area contributed by atoms with Gasteiger partial charge in [-0.2, -0.15) is 5.10 Å². The first-order valence-electron chi connectivity index (χ1n) is 7.54. The molecular formula is C15H20N6O. The van der Waals surface area contributed by atoms with E-state index in [4.69, 9.17) is 0 Å². The van der Waals surface area contributed by atoms with Crippen molar-refractivity contribution in [2.24, 2.45) is 0 Å². The lowest BCUT2D eigenvalue weighted by molar-refractivity contribution is -0.122. The zero-order valence-electron chi connectivity index (χ0n) is 12.7. The Labute approximate surface area is 129 Å². The van der Waals surface area contributed by atoms with Crippen molar-refractivity contribution >= 4 is 11.7 Å². The molecule has 2 aromatic rings. The van der Waals surface area contributed by atoms with Gasteiger partial charge in [-0.15, -0.1) is 0 Å². The van der Waals surface area contributed by atoms with Crippen molar-refractivity contribution < 1.29 is 4.79 Å². The van der Waals surface area contributed by atoms with Gasteiger partial charge in [0.05, 0.1) is 6.54 Å². The Morgan fingerprint density at radius 3 is 2.86 bits per heavy atom. The lowest BCUT2D eigenvalue weighted by Crippen LogP contribution is -2.28. The maximum atomic E-state index is 11.9. The highest BCUT2D eigenvalue weighted by molar-refractivity contribution is 5.75. The first kappa shape index (κ1) is 14.5. The summed E-state index contributed by atoms with van der Waals surface area (Å²) < 4.78 is 1.59. The van der Waals surface area contributed by atoms with Gasteiger partial charge in [-0.25, -0.2) is 9.97 Å². The first-order chi connectivity index (χ1) is 10.7. The minimum atomic E-state index is -0.100. The minimum absolute atomic E-state index is 0.100. The molecule has 1 aliphatic rings. The van der Waals surface area contributed by atoms with Crippen LogP contribution in [0.3, 0.4) is 0 Å². The number of carbonyl (C=O) groups is 1. The number of hydrogen-bond acceptors (Lipinski definition) is 5. The van der Waals surface area contributed by atoms with E-state index >= 15 is 0 Å². The molecule has 0 radical (unpaired) electrons. The quantitative estimate of drug-likeness (QED) is 0.888. The summed E-state index contributed by atoms with van der Waals surface area (Å²) in [7, 11) is 0. The molecule has 22 heavy (non-hydrogen) atoms. The van der Waals surface area contributed by atoms with Gasteiger partial charge in [-0.05, 0) is 25.8 Å². The lowest BCUT2D eigenvalue weighted by Gasteiger charge is -2.17. The van der Waals surface area contributed by atoms with Crippen molar-refractivity contribution in [3.8, 4) is 0 Å². The van der Waals surface area contributed by atoms with Gasteiger partial charge in [0.1, 0.15) is 18.2 Å². The number of rotatable bonds is 5. The normalized spacial score (nSPS) is 14.3. The Morgan fingerprint density at radius 1 is 1.32 bits per heavy atom. The average Bonchev–Trinajstić information content (AvgIpc) is 3.18. The van der Waals surface area contributed by atoms with Crippen molar-refractivity contribution in [3.63, 3.8) is 0 Å². The third-order valence-electron chi connectivity index (χ3n) is 3.63. The molecule has 7 nitrogen and oxygen atoms in total. The van der Waals surface area contributed by atoms with Crippen LogP contribution in [-0.4, -0.2) is 38.7 Å². The highest BCUT2D eigenvalue weighted by Gasteiger charge is 2.15. The summed E-state index contributed by atoms with van der Waals surface area (Å²) in [5.74, 6) is 1.51. The van der Waals surface area contributed by atoms with Crippen LogP contribution in [-0.2, 0) is 17.9 Å². The van der Waals surface area contributed by atoms with Crippen molar-refractivity contribution in [3.05, 3.63) is 36.0 Å². The van der Waals surface area contributed by atoms with Crippen LogP contribution in [0, 0.1) is 6.92 Å². The van der Waals surface area contributed by atoms with Gasteiger partial charge in [0.2, 0.25) is 5.91 Å². The van der Waals surface area contributed by atoms with E-state index in [1.807, 2.05) is 13.0 Å². The van der Waals surface area contributed by atoms with Crippen LogP contribution in [0.15, 0.2) is 24.5 Å². The first-order valence-corrected chi connectivity index (χ1v) is 7.54. The van der Waals surface area contributed by atoms with Crippen LogP contribution in [0.2, 0.25) is 0 Å². The van der Waals surface area contributed by atoms with Crippen molar-refractivity contribution in [1.82, 2.24) is 25.1 Å². The average molecular weight is 300 g/mol. The van der Waals surface area contributed by atoms with E-state index in [1.54, 1.807) is 23.1 Å². The third-order valence-corrected chi connectivity index (χ3v) is 3.63. The summed E-state index contributed by atoms with van der Waals surface area (Å²) in [5.41, 5.74) is 0.924. The molecule has 0 aliphatic carbocycles. The second-order valence-corrected chi connectivity index (χ2v) is 5.46. The Balaban J connectivity index is 1.60. The van der Waals surface area contributed by atoms with Gasteiger partial charge in [-0.3, -0.25) is 9.48 Å². The van der Waals surface area contributed by atoms with Gasteiger partial charge in [0, 0.05) is 37.2 Å². The highest BCUT2D eigenvalue weighted by Crippen LogP contribution is 2.18. The molecule has 7 heteroatoms. The van der Waals surface area contributed by atoms with E-state index in [2.05, 4.69) is 25.3 Å². The van der Waals surface area contributed by atoms with Crippen LogP contribution >= 0.6 is 0 Å². The number of anilines is 1. The minimum Gasteiger partial charge on any atom is -0.357 e. The summed E-state index contributed by atoms with van der Waals surface area (Å²) in [4.78, 5) is 23.1. The second-order valence-electron chi connectivity index (χ2n) is 5.46. The molecule has 1 amide bonds. The smallest absolute Gasteiger partial charge is 0.242 e. The van der Waals surface area contributed by atoms with Gasteiger partial charge in [0.25, 0.3) is 0 Å². The van der Waals surface area contributed by atoms with Gasteiger partial charge < -0.3 is 10.2 Å². The number of carbonyl (C=O) groups excluding carboxylic acids is 1. The molecule has 1 N–H and O–H groups in total. The molecule has 3 rings (SSSR count). The molecule has 0 bridgehead atoms. The number of nitrogens with one attached hydrogen (secondary N) is 1. The molecule has 0 unspecified atom stereocenters. The lowest BCUT2D eigenvalue weighted by atomic mass is 10.4. The Morgan fingerprint density at radius 2 is 2.14 bits per heavy atom. The van der Waals surface area contributed by atoms with Crippen molar-refractivity contribution in [2.45, 2.75) is 32.9 Å². The predicted molar refractivity (Wildman–Crippen MR) is 82.3 cm³/mol. The maximum absolute atomic E-state index is 11.9. The van der Waals surface area contributed by atoms with E-state index in [0.29, 0.717) is 12.4 Å². The van der Waals surface area contributed by atoms with Crippen LogP contribution in [0.25, 0.3) is 0 Å². The summed E-state index contributed by atoms with van der Waals surface area (Å²) in [6.07, 6.45) is 5.82. The predicted octanol–water partition coefficient (Wildman–Crippen LogP) is 0.898. The second kappa shape index (κ2) is 6.55. The number of nitrogens with zero attached hydrogens (tertiary/aromatic N) is 5. The molecule has 2 aromatic heterocycles. The number of aromatic nitrogens is 4. The van der Waals surface area contributed by atoms with E-state index in [9.17, 15) is 4.79 Å². The van der Waals surface area contributed by atoms with E-state index in [1.165, 1.54) is 12.8 Å². The molecule has 1 saturated heterocycles. The van der Waals surface area contributed by atoms with Crippen LogP contribution < -0.4 is 10.2 Å².